The minimum Gasteiger partial charge on any atom is -0.360 e. The first-order valence-electron chi connectivity index (χ1n) is 7.14. The van der Waals surface area contributed by atoms with Gasteiger partial charge in [-0.2, -0.15) is 0 Å². The fourth-order valence-electron chi connectivity index (χ4n) is 2.57. The number of hydrogen-bond donors (Lipinski definition) is 0. The largest absolute Gasteiger partial charge is 0.360 e. The zero-order valence-electron chi connectivity index (χ0n) is 13.2. The second-order valence-corrected chi connectivity index (χ2v) is 10.5. The smallest absolute Gasteiger partial charge is 0.261 e. The number of halogens is 2. The summed E-state index contributed by atoms with van der Waals surface area (Å²) in [5, 5.41) is 3.95. The second-order valence-electron chi connectivity index (χ2n) is 5.36. The fraction of sp³-hybridized carbons (Fsp3) is 0.0625. The van der Waals surface area contributed by atoms with Gasteiger partial charge in [-0.05, 0) is 30.7 Å². The topological polar surface area (TPSA) is 94.3 Å². The molecule has 3 aromatic rings. The van der Waals surface area contributed by atoms with Crippen molar-refractivity contribution in [3.8, 4) is 22.4 Å². The van der Waals surface area contributed by atoms with Crippen LogP contribution in [0.15, 0.2) is 62.8 Å². The molecule has 2 aromatic carbocycles. The molecule has 0 atom stereocenters. The average molecular weight is 432 g/mol. The van der Waals surface area contributed by atoms with Crippen molar-refractivity contribution in [1.29, 1.82) is 0 Å². The zero-order valence-corrected chi connectivity index (χ0v) is 16.3. The molecule has 0 unspecified atom stereocenters. The van der Waals surface area contributed by atoms with Crippen molar-refractivity contribution in [2.24, 2.45) is 0 Å². The van der Waals surface area contributed by atoms with Crippen molar-refractivity contribution >= 4 is 39.5 Å². The Bertz CT molecular complexity index is 1200. The average Bonchev–Trinajstić information content (AvgIpc) is 2.95. The number of rotatable bonds is 4. The molecule has 26 heavy (non-hydrogen) atoms. The standard InChI is InChI=1S/C16H11Cl2NO5S2/c1-10-15(11-5-4-6-12(9-11)25(17,20)21)16(19-24-10)13-7-2-3-8-14(13)26(18,22)23/h2-9H,1H3. The van der Waals surface area contributed by atoms with E-state index in [2.05, 4.69) is 5.16 Å². The van der Waals surface area contributed by atoms with Crippen LogP contribution in [0.5, 0.6) is 0 Å². The monoisotopic (exact) mass is 431 g/mol. The van der Waals surface area contributed by atoms with Crippen molar-refractivity contribution in [3.63, 3.8) is 0 Å². The Morgan fingerprint density at radius 1 is 0.923 bits per heavy atom. The molecule has 1 heterocycles. The van der Waals surface area contributed by atoms with E-state index in [9.17, 15) is 16.8 Å². The van der Waals surface area contributed by atoms with E-state index in [1.165, 1.54) is 36.4 Å². The van der Waals surface area contributed by atoms with Crippen LogP contribution in [0.4, 0.5) is 0 Å². The summed E-state index contributed by atoms with van der Waals surface area (Å²) in [5.74, 6) is 0.380. The fourth-order valence-corrected chi connectivity index (χ4v) is 4.44. The lowest BCUT2D eigenvalue weighted by atomic mass is 9.99. The molecule has 0 N–H and O–H groups in total. The van der Waals surface area contributed by atoms with Crippen molar-refractivity contribution in [3.05, 3.63) is 54.3 Å². The van der Waals surface area contributed by atoms with Gasteiger partial charge in [0.15, 0.2) is 0 Å². The SMILES string of the molecule is Cc1onc(-c2ccccc2S(=O)(=O)Cl)c1-c1cccc(S(=O)(=O)Cl)c1. The van der Waals surface area contributed by atoms with Crippen LogP contribution >= 0.6 is 21.4 Å². The van der Waals surface area contributed by atoms with Crippen LogP contribution in [0.25, 0.3) is 22.4 Å². The Hall–Kier alpha value is -1.87. The first-order valence-corrected chi connectivity index (χ1v) is 11.8. The molecule has 0 bridgehead atoms. The molecule has 0 radical (unpaired) electrons. The van der Waals surface area contributed by atoms with Gasteiger partial charge in [-0.25, -0.2) is 16.8 Å². The Morgan fingerprint density at radius 2 is 1.62 bits per heavy atom. The summed E-state index contributed by atoms with van der Waals surface area (Å²) in [6.45, 7) is 1.63. The van der Waals surface area contributed by atoms with Crippen LogP contribution in [0.1, 0.15) is 5.76 Å². The van der Waals surface area contributed by atoms with Crippen LogP contribution in [-0.4, -0.2) is 22.0 Å². The molecule has 0 spiro atoms. The highest BCUT2D eigenvalue weighted by atomic mass is 35.7. The zero-order chi connectivity index (χ0) is 19.1. The van der Waals surface area contributed by atoms with Gasteiger partial charge in [0.05, 0.1) is 15.4 Å². The van der Waals surface area contributed by atoms with Gasteiger partial charge in [0.25, 0.3) is 18.1 Å². The summed E-state index contributed by atoms with van der Waals surface area (Å²) < 4.78 is 52.2. The number of hydrogen-bond acceptors (Lipinski definition) is 6. The Balaban J connectivity index is 2.29. The lowest BCUT2D eigenvalue weighted by Gasteiger charge is -2.07. The normalized spacial score (nSPS) is 12.3. The molecule has 0 fully saturated rings. The summed E-state index contributed by atoms with van der Waals surface area (Å²) in [5.41, 5.74) is 1.38. The third kappa shape index (κ3) is 3.64. The highest BCUT2D eigenvalue weighted by Gasteiger charge is 2.24. The van der Waals surface area contributed by atoms with Gasteiger partial charge < -0.3 is 4.52 Å². The Kier molecular flexibility index (Phi) is 4.87. The van der Waals surface area contributed by atoms with Crippen LogP contribution in [0.2, 0.25) is 0 Å². The van der Waals surface area contributed by atoms with E-state index in [-0.39, 0.29) is 21.0 Å². The number of benzene rings is 2. The van der Waals surface area contributed by atoms with E-state index in [1.54, 1.807) is 19.1 Å². The lowest BCUT2D eigenvalue weighted by Crippen LogP contribution is -1.96. The van der Waals surface area contributed by atoms with Gasteiger partial charge in [-0.1, -0.05) is 35.5 Å². The van der Waals surface area contributed by atoms with Gasteiger partial charge in [-0.3, -0.25) is 0 Å². The molecule has 1 aromatic heterocycles. The number of aromatic nitrogens is 1. The Labute approximate surface area is 159 Å². The van der Waals surface area contributed by atoms with Gasteiger partial charge in [0, 0.05) is 26.9 Å². The summed E-state index contributed by atoms with van der Waals surface area (Å²) in [4.78, 5) is -0.223. The lowest BCUT2D eigenvalue weighted by molar-refractivity contribution is 0.400. The van der Waals surface area contributed by atoms with E-state index in [1.807, 2.05) is 0 Å². The molecule has 10 heteroatoms. The molecule has 136 valence electrons. The molecule has 0 saturated heterocycles. The summed E-state index contributed by atoms with van der Waals surface area (Å²) in [6, 6.07) is 11.9. The van der Waals surface area contributed by atoms with Crippen LogP contribution < -0.4 is 0 Å². The van der Waals surface area contributed by atoms with Crippen molar-refractivity contribution in [2.75, 3.05) is 0 Å². The molecule has 0 amide bonds. The maximum Gasteiger partial charge on any atom is 0.261 e. The van der Waals surface area contributed by atoms with Crippen molar-refractivity contribution in [1.82, 2.24) is 5.16 Å². The molecule has 0 saturated carbocycles. The van der Waals surface area contributed by atoms with E-state index >= 15 is 0 Å². The van der Waals surface area contributed by atoms with E-state index in [0.29, 0.717) is 16.9 Å². The number of aryl methyl sites for hydroxylation is 1. The summed E-state index contributed by atoms with van der Waals surface area (Å²) in [7, 11) is 2.97. The third-order valence-electron chi connectivity index (χ3n) is 3.67. The van der Waals surface area contributed by atoms with E-state index in [4.69, 9.17) is 25.9 Å². The van der Waals surface area contributed by atoms with Gasteiger partial charge in [0.1, 0.15) is 11.5 Å². The first-order chi connectivity index (χ1) is 12.1. The maximum absolute atomic E-state index is 11.9. The van der Waals surface area contributed by atoms with Crippen molar-refractivity contribution < 1.29 is 21.4 Å². The molecule has 0 aliphatic heterocycles. The first kappa shape index (κ1) is 18.9. The van der Waals surface area contributed by atoms with Crippen LogP contribution in [0, 0.1) is 6.92 Å². The Morgan fingerprint density at radius 3 is 2.27 bits per heavy atom. The third-order valence-corrected chi connectivity index (χ3v) is 6.40. The molecule has 3 rings (SSSR count). The molecule has 6 nitrogen and oxygen atoms in total. The number of nitrogens with zero attached hydrogens (tertiary/aromatic N) is 1. The highest BCUT2D eigenvalue weighted by molar-refractivity contribution is 8.14. The van der Waals surface area contributed by atoms with Crippen LogP contribution in [0.3, 0.4) is 0 Å². The summed E-state index contributed by atoms with van der Waals surface area (Å²) >= 11 is 0. The van der Waals surface area contributed by atoms with Gasteiger partial charge in [0.2, 0.25) is 0 Å². The van der Waals surface area contributed by atoms with E-state index in [0.717, 1.165) is 0 Å². The predicted octanol–water partition coefficient (Wildman–Crippen LogP) is 4.17. The molecular weight excluding hydrogens is 421 g/mol. The minimum atomic E-state index is -4.03. The van der Waals surface area contributed by atoms with Crippen LogP contribution in [-0.2, 0) is 18.1 Å². The summed E-state index contributed by atoms with van der Waals surface area (Å²) in [6.07, 6.45) is 0. The van der Waals surface area contributed by atoms with Gasteiger partial charge in [-0.15, -0.1) is 0 Å². The quantitative estimate of drug-likeness (QED) is 0.575. The molecule has 0 aliphatic carbocycles. The maximum atomic E-state index is 11.9. The van der Waals surface area contributed by atoms with Crippen molar-refractivity contribution in [2.45, 2.75) is 16.7 Å². The van der Waals surface area contributed by atoms with Gasteiger partial charge >= 0.3 is 0 Å². The molecular formula is C16H11Cl2NO5S2. The minimum absolute atomic E-state index is 0.0959. The second kappa shape index (κ2) is 6.70. The van der Waals surface area contributed by atoms with E-state index < -0.39 is 18.1 Å². The molecule has 0 aliphatic rings. The predicted molar refractivity (Wildman–Crippen MR) is 98.2 cm³/mol. The highest BCUT2D eigenvalue weighted by Crippen LogP contribution is 2.38.